The molecule has 1 aliphatic carbocycles. The van der Waals surface area contributed by atoms with E-state index in [1.165, 1.54) is 0 Å². The van der Waals surface area contributed by atoms with Gasteiger partial charge in [0.2, 0.25) is 0 Å². The van der Waals surface area contributed by atoms with Crippen LogP contribution in [-0.2, 0) is 0 Å². The Hall–Kier alpha value is -0.260. The number of rotatable bonds is 1. The number of hydrogen-bond acceptors (Lipinski definition) is 0. The Labute approximate surface area is 73.2 Å². The summed E-state index contributed by atoms with van der Waals surface area (Å²) in [5, 5.41) is 0. The van der Waals surface area contributed by atoms with Crippen LogP contribution >= 0.6 is 0 Å². The fourth-order valence-corrected chi connectivity index (χ4v) is 1.15. The summed E-state index contributed by atoms with van der Waals surface area (Å²) in [6.45, 7) is 0. The molecule has 0 saturated heterocycles. The molecule has 0 nitrogen and oxygen atoms in total. The largest absolute Gasteiger partial charge is 0.121 e. The van der Waals surface area contributed by atoms with Gasteiger partial charge in [-0.25, -0.2) is 0 Å². The molecule has 0 saturated carbocycles. The van der Waals surface area contributed by atoms with Crippen LogP contribution in [-0.4, -0.2) is 31.4 Å². The molecule has 8 radical (unpaired) electrons. The third kappa shape index (κ3) is 1.85. The highest BCUT2D eigenvalue weighted by molar-refractivity contribution is 6.33. The second-order valence-electron chi connectivity index (χ2n) is 2.71. The van der Waals surface area contributed by atoms with Crippen LogP contribution in [0.5, 0.6) is 0 Å². The van der Waals surface area contributed by atoms with Gasteiger partial charge in [0.05, 0.1) is 15.7 Å². The van der Waals surface area contributed by atoms with Gasteiger partial charge in [0.15, 0.2) is 0 Å². The highest BCUT2D eigenvalue weighted by atomic mass is 14.1. The first-order chi connectivity index (χ1) is 5.15. The highest BCUT2D eigenvalue weighted by Crippen LogP contribution is 2.29. The molecule has 1 rings (SSSR count). The van der Waals surface area contributed by atoms with Gasteiger partial charge in [0, 0.05) is 0 Å². The summed E-state index contributed by atoms with van der Waals surface area (Å²) in [6.07, 6.45) is 2.86. The molecule has 0 aromatic rings. The van der Waals surface area contributed by atoms with Crippen LogP contribution in [0.25, 0.3) is 0 Å². The zero-order chi connectivity index (χ0) is 8.43. The molecule has 0 aromatic carbocycles. The van der Waals surface area contributed by atoms with Crippen molar-refractivity contribution in [2.75, 3.05) is 0 Å². The Kier molecular flexibility index (Phi) is 2.75. The molecule has 11 heavy (non-hydrogen) atoms. The van der Waals surface area contributed by atoms with Crippen LogP contribution in [0.1, 0.15) is 6.42 Å². The zero-order valence-corrected chi connectivity index (χ0v) is 6.38. The second kappa shape index (κ2) is 3.42. The zero-order valence-electron chi connectivity index (χ0n) is 6.38. The molecule has 4 heteroatoms. The van der Waals surface area contributed by atoms with Crippen molar-refractivity contribution in [1.29, 1.82) is 0 Å². The third-order valence-corrected chi connectivity index (χ3v) is 1.82. The quantitative estimate of drug-likeness (QED) is 0.455. The molecule has 1 aliphatic rings. The third-order valence-electron chi connectivity index (χ3n) is 1.82. The minimum Gasteiger partial charge on any atom is -0.121 e. The Morgan fingerprint density at radius 2 is 2.09 bits per heavy atom. The first kappa shape index (κ1) is 8.83. The predicted octanol–water partition coefficient (Wildman–Crippen LogP) is 0.409. The van der Waals surface area contributed by atoms with Crippen molar-refractivity contribution in [2.24, 2.45) is 0 Å². The van der Waals surface area contributed by atoms with E-state index >= 15 is 0 Å². The van der Waals surface area contributed by atoms with E-state index in [9.17, 15) is 0 Å². The van der Waals surface area contributed by atoms with Crippen molar-refractivity contribution in [3.05, 3.63) is 22.6 Å². The van der Waals surface area contributed by atoms with Crippen molar-refractivity contribution < 1.29 is 0 Å². The van der Waals surface area contributed by atoms with Crippen LogP contribution in [0.15, 0.2) is 22.6 Å². The van der Waals surface area contributed by atoms with Gasteiger partial charge in [-0.2, -0.15) is 0 Å². The van der Waals surface area contributed by atoms with E-state index in [0.29, 0.717) is 18.2 Å². The van der Waals surface area contributed by atoms with E-state index in [2.05, 4.69) is 0 Å². The van der Waals surface area contributed by atoms with Crippen LogP contribution in [0.2, 0.25) is 12.1 Å². The van der Waals surface area contributed by atoms with E-state index in [0.717, 1.165) is 11.0 Å². The molecule has 0 bridgehead atoms. The highest BCUT2D eigenvalue weighted by Gasteiger charge is 2.11. The van der Waals surface area contributed by atoms with Crippen LogP contribution in [0, 0.1) is 0 Å². The lowest BCUT2D eigenvalue weighted by molar-refractivity contribution is 1.07. The summed E-state index contributed by atoms with van der Waals surface area (Å²) in [5.41, 5.74) is 2.38. The maximum Gasteiger partial charge on any atom is 0.107 e. The van der Waals surface area contributed by atoms with E-state index in [-0.39, 0.29) is 5.82 Å². The minimum atomic E-state index is -0.248. The normalized spacial score (nSPS) is 25.1. The van der Waals surface area contributed by atoms with Gasteiger partial charge in [-0.05, 0) is 12.2 Å². The summed E-state index contributed by atoms with van der Waals surface area (Å²) < 4.78 is 0. The molecule has 0 fully saturated rings. The summed E-state index contributed by atoms with van der Waals surface area (Å²) in [5.74, 6) is -0.248. The molecule has 0 amide bonds. The lowest BCUT2D eigenvalue weighted by Gasteiger charge is -2.22. The average molecular weight is 133 g/mol. The molecular formula is C7H6B4. The fraction of sp³-hybridized carbons (Fsp3) is 0.429. The van der Waals surface area contributed by atoms with Crippen LogP contribution in [0.3, 0.4) is 0 Å². The summed E-state index contributed by atoms with van der Waals surface area (Å²) in [6, 6.07) is 0. The first-order valence-electron chi connectivity index (χ1n) is 3.54. The van der Waals surface area contributed by atoms with Crippen LogP contribution < -0.4 is 0 Å². The van der Waals surface area contributed by atoms with E-state index < -0.39 is 0 Å². The van der Waals surface area contributed by atoms with E-state index in [4.69, 9.17) is 31.4 Å². The van der Waals surface area contributed by atoms with Crippen molar-refractivity contribution >= 4 is 31.4 Å². The predicted molar refractivity (Wildman–Crippen MR) is 51.3 cm³/mol. The lowest BCUT2D eigenvalue weighted by atomic mass is 9.62. The van der Waals surface area contributed by atoms with Gasteiger partial charge < -0.3 is 0 Å². The molecule has 0 spiro atoms. The molecule has 0 aromatic heterocycles. The van der Waals surface area contributed by atoms with Gasteiger partial charge in [-0.15, -0.1) is 10.9 Å². The van der Waals surface area contributed by atoms with E-state index in [1.807, 2.05) is 0 Å². The monoisotopic (exact) mass is 134 g/mol. The minimum absolute atomic E-state index is 0.248. The van der Waals surface area contributed by atoms with Gasteiger partial charge in [-0.3, -0.25) is 0 Å². The SMILES string of the molecule is [B]CC1=C([B])C([B])C=C([B])C1. The van der Waals surface area contributed by atoms with Crippen molar-refractivity contribution in [1.82, 2.24) is 0 Å². The Morgan fingerprint density at radius 3 is 2.64 bits per heavy atom. The van der Waals surface area contributed by atoms with Gasteiger partial charge in [0.1, 0.15) is 15.7 Å². The van der Waals surface area contributed by atoms with Crippen molar-refractivity contribution in [3.8, 4) is 0 Å². The van der Waals surface area contributed by atoms with Crippen molar-refractivity contribution in [2.45, 2.75) is 18.6 Å². The Balaban J connectivity index is 2.84. The summed E-state index contributed by atoms with van der Waals surface area (Å²) in [7, 11) is 22.3. The number of allylic oxidation sites excluding steroid dienone is 4. The molecule has 0 N–H and O–H groups in total. The maximum atomic E-state index is 5.67. The van der Waals surface area contributed by atoms with Gasteiger partial charge in [0.25, 0.3) is 0 Å². The number of hydrogen-bond donors (Lipinski definition) is 0. The Bertz CT molecular complexity index is 216. The van der Waals surface area contributed by atoms with Crippen LogP contribution in [0.4, 0.5) is 0 Å². The average Bonchev–Trinajstić information content (AvgIpc) is 1.96. The molecule has 1 unspecified atom stereocenters. The molecule has 0 heterocycles. The van der Waals surface area contributed by atoms with Gasteiger partial charge in [-0.1, -0.05) is 18.0 Å². The first-order valence-corrected chi connectivity index (χ1v) is 3.54. The van der Waals surface area contributed by atoms with E-state index in [1.54, 1.807) is 6.08 Å². The molecule has 46 valence electrons. The smallest absolute Gasteiger partial charge is 0.107 e. The molecule has 0 aliphatic heterocycles. The lowest BCUT2D eigenvalue weighted by Crippen LogP contribution is -2.07. The Morgan fingerprint density at radius 1 is 1.45 bits per heavy atom. The second-order valence-corrected chi connectivity index (χ2v) is 2.71. The summed E-state index contributed by atoms with van der Waals surface area (Å²) >= 11 is 0. The maximum absolute atomic E-state index is 5.67. The molecule has 1 atom stereocenters. The fourth-order valence-electron chi connectivity index (χ4n) is 1.15. The molecular weight excluding hydrogens is 127 g/mol. The topological polar surface area (TPSA) is 0 Å². The van der Waals surface area contributed by atoms with Crippen molar-refractivity contribution in [3.63, 3.8) is 0 Å². The van der Waals surface area contributed by atoms with Gasteiger partial charge >= 0.3 is 0 Å². The summed E-state index contributed by atoms with van der Waals surface area (Å²) in [4.78, 5) is 0. The standard InChI is InChI=1S/C7H6B4/c8-3-4-1-5(9)2-6(10)7(4)11/h2,6H,1,3H2.